The summed E-state index contributed by atoms with van der Waals surface area (Å²) in [7, 11) is 0. The van der Waals surface area contributed by atoms with Crippen molar-refractivity contribution in [3.8, 4) is 0 Å². The molecular formula is C11H17N3O. The number of nitrogens with zero attached hydrogens (tertiary/aromatic N) is 1. The molecule has 1 aromatic heterocycles. The molecule has 0 aliphatic rings. The van der Waals surface area contributed by atoms with E-state index in [1.807, 2.05) is 13.0 Å². The summed E-state index contributed by atoms with van der Waals surface area (Å²) in [6, 6.07) is 3.66. The van der Waals surface area contributed by atoms with Gasteiger partial charge in [-0.1, -0.05) is 12.2 Å². The van der Waals surface area contributed by atoms with Gasteiger partial charge in [-0.25, -0.2) is 4.98 Å². The number of aromatic nitrogens is 1. The summed E-state index contributed by atoms with van der Waals surface area (Å²) in [4.78, 5) is 3.90. The number of hydrogen-bond acceptors (Lipinski definition) is 4. The first-order chi connectivity index (χ1) is 7.18. The Kier molecular flexibility index (Phi) is 4.63. The van der Waals surface area contributed by atoms with Gasteiger partial charge >= 0.3 is 0 Å². The predicted molar refractivity (Wildman–Crippen MR) is 62.8 cm³/mol. The third-order valence-electron chi connectivity index (χ3n) is 1.71. The Hall–Kier alpha value is -1.55. The Morgan fingerprint density at radius 2 is 2.47 bits per heavy atom. The molecule has 1 heterocycles. The van der Waals surface area contributed by atoms with Gasteiger partial charge in [-0.05, 0) is 13.0 Å². The standard InChI is InChI=1S/C11H17N3O/c1-9(2)8-15-6-5-13-10-3-4-14-11(12)7-10/h3-4,7H,1,5-6,8H2,2H3,(H3,12,13,14). The highest BCUT2D eigenvalue weighted by Gasteiger charge is 1.93. The van der Waals surface area contributed by atoms with Gasteiger partial charge in [0, 0.05) is 24.5 Å². The van der Waals surface area contributed by atoms with Gasteiger partial charge in [-0.3, -0.25) is 0 Å². The zero-order valence-electron chi connectivity index (χ0n) is 8.99. The first kappa shape index (κ1) is 11.5. The maximum Gasteiger partial charge on any atom is 0.125 e. The van der Waals surface area contributed by atoms with Crippen molar-refractivity contribution in [1.29, 1.82) is 0 Å². The molecule has 0 spiro atoms. The second-order valence-corrected chi connectivity index (χ2v) is 3.41. The van der Waals surface area contributed by atoms with Crippen molar-refractivity contribution in [2.75, 3.05) is 30.8 Å². The van der Waals surface area contributed by atoms with Crippen molar-refractivity contribution in [3.63, 3.8) is 0 Å². The average molecular weight is 207 g/mol. The minimum atomic E-state index is 0.517. The second-order valence-electron chi connectivity index (χ2n) is 3.41. The zero-order chi connectivity index (χ0) is 11.1. The van der Waals surface area contributed by atoms with Crippen molar-refractivity contribution < 1.29 is 4.74 Å². The number of pyridine rings is 1. The maximum absolute atomic E-state index is 5.53. The van der Waals surface area contributed by atoms with E-state index in [1.54, 1.807) is 12.3 Å². The third-order valence-corrected chi connectivity index (χ3v) is 1.71. The molecule has 0 aliphatic heterocycles. The van der Waals surface area contributed by atoms with Crippen LogP contribution in [0.2, 0.25) is 0 Å². The normalized spacial score (nSPS) is 9.93. The topological polar surface area (TPSA) is 60.2 Å². The number of nitrogens with two attached hydrogens (primary N) is 1. The number of anilines is 2. The molecular weight excluding hydrogens is 190 g/mol. The van der Waals surface area contributed by atoms with E-state index < -0.39 is 0 Å². The Bertz CT molecular complexity index is 325. The lowest BCUT2D eigenvalue weighted by molar-refractivity contribution is 0.167. The quantitative estimate of drug-likeness (QED) is 0.550. The Morgan fingerprint density at radius 1 is 1.67 bits per heavy atom. The SMILES string of the molecule is C=C(C)COCCNc1ccnc(N)c1. The van der Waals surface area contributed by atoms with Crippen molar-refractivity contribution in [2.45, 2.75) is 6.92 Å². The number of rotatable bonds is 6. The summed E-state index contributed by atoms with van der Waals surface area (Å²) in [6.45, 7) is 7.70. The lowest BCUT2D eigenvalue weighted by atomic mass is 10.4. The van der Waals surface area contributed by atoms with Crippen molar-refractivity contribution in [1.82, 2.24) is 4.98 Å². The van der Waals surface area contributed by atoms with E-state index in [1.165, 1.54) is 0 Å². The molecule has 1 rings (SSSR count). The molecule has 4 heteroatoms. The van der Waals surface area contributed by atoms with Crippen LogP contribution in [0.4, 0.5) is 11.5 Å². The monoisotopic (exact) mass is 207 g/mol. The molecule has 0 unspecified atom stereocenters. The van der Waals surface area contributed by atoms with E-state index in [2.05, 4.69) is 16.9 Å². The summed E-state index contributed by atoms with van der Waals surface area (Å²) in [5, 5.41) is 3.18. The molecule has 0 bridgehead atoms. The fourth-order valence-corrected chi connectivity index (χ4v) is 1.07. The van der Waals surface area contributed by atoms with Crippen LogP contribution in [-0.4, -0.2) is 24.7 Å². The maximum atomic E-state index is 5.53. The van der Waals surface area contributed by atoms with Crippen LogP contribution in [0.5, 0.6) is 0 Å². The first-order valence-corrected chi connectivity index (χ1v) is 4.86. The van der Waals surface area contributed by atoms with Crippen molar-refractivity contribution >= 4 is 11.5 Å². The van der Waals surface area contributed by atoms with Crippen molar-refractivity contribution in [2.24, 2.45) is 0 Å². The van der Waals surface area contributed by atoms with Gasteiger partial charge in [0.1, 0.15) is 5.82 Å². The fraction of sp³-hybridized carbons (Fsp3) is 0.364. The number of ether oxygens (including phenoxy) is 1. The molecule has 15 heavy (non-hydrogen) atoms. The minimum Gasteiger partial charge on any atom is -0.384 e. The molecule has 0 radical (unpaired) electrons. The molecule has 1 aromatic rings. The van der Waals surface area contributed by atoms with Gasteiger partial charge in [-0.2, -0.15) is 0 Å². The highest BCUT2D eigenvalue weighted by atomic mass is 16.5. The smallest absolute Gasteiger partial charge is 0.125 e. The van der Waals surface area contributed by atoms with Crippen LogP contribution in [0, 0.1) is 0 Å². The van der Waals surface area contributed by atoms with Crippen LogP contribution in [0.25, 0.3) is 0 Å². The molecule has 0 amide bonds. The van der Waals surface area contributed by atoms with E-state index >= 15 is 0 Å². The molecule has 0 fully saturated rings. The van der Waals surface area contributed by atoms with Crippen molar-refractivity contribution in [3.05, 3.63) is 30.5 Å². The number of nitrogens with one attached hydrogen (secondary N) is 1. The van der Waals surface area contributed by atoms with E-state index in [9.17, 15) is 0 Å². The summed E-state index contributed by atoms with van der Waals surface area (Å²) < 4.78 is 5.34. The molecule has 0 aromatic carbocycles. The van der Waals surface area contributed by atoms with Gasteiger partial charge in [0.2, 0.25) is 0 Å². The van der Waals surface area contributed by atoms with Crippen LogP contribution in [0.15, 0.2) is 30.5 Å². The molecule has 0 atom stereocenters. The van der Waals surface area contributed by atoms with Crippen LogP contribution >= 0.6 is 0 Å². The third kappa shape index (κ3) is 5.02. The first-order valence-electron chi connectivity index (χ1n) is 4.86. The molecule has 0 aliphatic carbocycles. The van der Waals surface area contributed by atoms with Crippen LogP contribution < -0.4 is 11.1 Å². The molecule has 0 saturated carbocycles. The van der Waals surface area contributed by atoms with E-state index in [0.717, 1.165) is 17.8 Å². The average Bonchev–Trinajstić information content (AvgIpc) is 2.17. The van der Waals surface area contributed by atoms with Crippen LogP contribution in [0.3, 0.4) is 0 Å². The van der Waals surface area contributed by atoms with Crippen LogP contribution in [-0.2, 0) is 4.74 Å². The van der Waals surface area contributed by atoms with Crippen LogP contribution in [0.1, 0.15) is 6.92 Å². The Balaban J connectivity index is 2.17. The summed E-state index contributed by atoms with van der Waals surface area (Å²) in [5.74, 6) is 0.517. The Morgan fingerprint density at radius 3 is 3.13 bits per heavy atom. The largest absolute Gasteiger partial charge is 0.384 e. The van der Waals surface area contributed by atoms with E-state index in [-0.39, 0.29) is 0 Å². The fourth-order valence-electron chi connectivity index (χ4n) is 1.07. The lowest BCUT2D eigenvalue weighted by Gasteiger charge is -2.07. The minimum absolute atomic E-state index is 0.517. The van der Waals surface area contributed by atoms with E-state index in [4.69, 9.17) is 10.5 Å². The van der Waals surface area contributed by atoms with E-state index in [0.29, 0.717) is 19.0 Å². The van der Waals surface area contributed by atoms with Gasteiger partial charge < -0.3 is 15.8 Å². The second kappa shape index (κ2) is 6.03. The summed E-state index contributed by atoms with van der Waals surface area (Å²) in [5.41, 5.74) is 7.53. The molecule has 82 valence electrons. The van der Waals surface area contributed by atoms with Gasteiger partial charge in [0.05, 0.1) is 13.2 Å². The number of hydrogen-bond donors (Lipinski definition) is 2. The van der Waals surface area contributed by atoms with Gasteiger partial charge in [-0.15, -0.1) is 0 Å². The number of nitrogen functional groups attached to an aromatic ring is 1. The lowest BCUT2D eigenvalue weighted by Crippen LogP contribution is -2.10. The Labute approximate surface area is 90.2 Å². The zero-order valence-corrected chi connectivity index (χ0v) is 8.99. The summed E-state index contributed by atoms with van der Waals surface area (Å²) in [6.07, 6.45) is 1.67. The predicted octanol–water partition coefficient (Wildman–Crippen LogP) is 1.67. The summed E-state index contributed by atoms with van der Waals surface area (Å²) >= 11 is 0. The molecule has 3 N–H and O–H groups in total. The molecule has 0 saturated heterocycles. The van der Waals surface area contributed by atoms with Gasteiger partial charge in [0.15, 0.2) is 0 Å². The highest BCUT2D eigenvalue weighted by molar-refractivity contribution is 5.49. The highest BCUT2D eigenvalue weighted by Crippen LogP contribution is 2.07. The van der Waals surface area contributed by atoms with Gasteiger partial charge in [0.25, 0.3) is 0 Å². The molecule has 4 nitrogen and oxygen atoms in total.